The van der Waals surface area contributed by atoms with Crippen molar-refractivity contribution in [2.75, 3.05) is 0 Å². The van der Waals surface area contributed by atoms with Gasteiger partial charge in [0.1, 0.15) is 0 Å². The molecule has 1 aromatic heterocycles. The predicted molar refractivity (Wildman–Crippen MR) is 117 cm³/mol. The van der Waals surface area contributed by atoms with Crippen molar-refractivity contribution >= 4 is 34.6 Å². The van der Waals surface area contributed by atoms with E-state index >= 15 is 0 Å². The summed E-state index contributed by atoms with van der Waals surface area (Å²) in [6, 6.07) is 21.2. The zero-order valence-corrected chi connectivity index (χ0v) is 16.8. The number of nitriles is 1. The number of aromatic nitrogens is 1. The van der Waals surface area contributed by atoms with Crippen LogP contribution in [0.4, 0.5) is 5.69 Å². The van der Waals surface area contributed by atoms with Crippen LogP contribution in [0.15, 0.2) is 70.6 Å². The van der Waals surface area contributed by atoms with Crippen molar-refractivity contribution in [3.63, 3.8) is 0 Å². The van der Waals surface area contributed by atoms with Gasteiger partial charge in [-0.1, -0.05) is 18.2 Å². The minimum atomic E-state index is -0.146. The number of carbonyl (C=O) groups excluding carboxylic acids is 1. The number of nitrogens with zero attached hydrogens (tertiary/aromatic N) is 3. The molecule has 1 N–H and O–H groups in total. The molecule has 0 radical (unpaired) electrons. The highest BCUT2D eigenvalue weighted by molar-refractivity contribution is 8.18. The lowest BCUT2D eigenvalue weighted by atomic mass is 10.2. The summed E-state index contributed by atoms with van der Waals surface area (Å²) in [4.78, 5) is 17.5. The number of amides is 1. The van der Waals surface area contributed by atoms with E-state index in [0.717, 1.165) is 28.3 Å². The molecule has 2 aromatic carbocycles. The van der Waals surface area contributed by atoms with Gasteiger partial charge in [-0.05, 0) is 79.7 Å². The van der Waals surface area contributed by atoms with Crippen LogP contribution in [0, 0.1) is 25.2 Å². The standard InChI is InChI=1S/C23H18N4OS/c1-15-12-18(16(2)27(15)20-10-8-17(14-24)9-11-20)13-21-22(28)26-23(29-21)25-19-6-4-3-5-7-19/h3-13H,1-2H3,(H,25,26,28). The highest BCUT2D eigenvalue weighted by atomic mass is 32.2. The Labute approximate surface area is 173 Å². The Morgan fingerprint density at radius 3 is 2.52 bits per heavy atom. The molecule has 4 rings (SSSR count). The normalized spacial score (nSPS) is 16.2. The number of hydrogen-bond acceptors (Lipinski definition) is 4. The summed E-state index contributed by atoms with van der Waals surface area (Å²) in [6.07, 6.45) is 1.90. The maximum absolute atomic E-state index is 12.4. The molecule has 0 bridgehead atoms. The van der Waals surface area contributed by atoms with E-state index in [0.29, 0.717) is 15.6 Å². The molecule has 3 aromatic rings. The zero-order valence-electron chi connectivity index (χ0n) is 16.0. The van der Waals surface area contributed by atoms with E-state index in [1.807, 2.05) is 62.4 Å². The third-order valence-corrected chi connectivity index (χ3v) is 5.56. The molecule has 0 atom stereocenters. The number of nitrogens with one attached hydrogen (secondary N) is 1. The van der Waals surface area contributed by atoms with Crippen LogP contribution in [0.5, 0.6) is 0 Å². The second-order valence-corrected chi connectivity index (χ2v) is 7.67. The smallest absolute Gasteiger partial charge is 0.264 e. The number of carbonyl (C=O) groups is 1. The Morgan fingerprint density at radius 1 is 1.10 bits per heavy atom. The lowest BCUT2D eigenvalue weighted by molar-refractivity contribution is -0.115. The Balaban J connectivity index is 1.64. The molecular formula is C23H18N4OS. The van der Waals surface area contributed by atoms with Crippen LogP contribution in [-0.2, 0) is 4.79 Å². The number of aliphatic imine (C=N–C) groups is 1. The first-order valence-corrected chi connectivity index (χ1v) is 9.91. The summed E-state index contributed by atoms with van der Waals surface area (Å²) in [5, 5.41) is 12.4. The van der Waals surface area contributed by atoms with Crippen LogP contribution >= 0.6 is 11.8 Å². The third kappa shape index (κ3) is 3.86. The summed E-state index contributed by atoms with van der Waals surface area (Å²) in [5.74, 6) is -0.146. The molecule has 142 valence electrons. The van der Waals surface area contributed by atoms with Gasteiger partial charge in [-0.25, -0.2) is 4.99 Å². The van der Waals surface area contributed by atoms with Gasteiger partial charge < -0.3 is 9.88 Å². The van der Waals surface area contributed by atoms with E-state index in [1.165, 1.54) is 11.8 Å². The minimum absolute atomic E-state index is 0.146. The van der Waals surface area contributed by atoms with Crippen molar-refractivity contribution in [2.24, 2.45) is 4.99 Å². The fourth-order valence-electron chi connectivity index (χ4n) is 3.26. The Kier molecular flexibility index (Phi) is 5.07. The van der Waals surface area contributed by atoms with Crippen LogP contribution < -0.4 is 5.32 Å². The maximum Gasteiger partial charge on any atom is 0.264 e. The van der Waals surface area contributed by atoms with Crippen molar-refractivity contribution in [1.29, 1.82) is 5.26 Å². The molecule has 1 aliphatic rings. The van der Waals surface area contributed by atoms with E-state index in [4.69, 9.17) is 5.26 Å². The third-order valence-electron chi connectivity index (χ3n) is 4.65. The molecule has 1 fully saturated rings. The summed E-state index contributed by atoms with van der Waals surface area (Å²) in [6.45, 7) is 4.05. The van der Waals surface area contributed by atoms with Gasteiger partial charge in [-0.3, -0.25) is 4.79 Å². The molecule has 0 unspecified atom stereocenters. The number of aryl methyl sites for hydroxylation is 1. The topological polar surface area (TPSA) is 70.2 Å². The second-order valence-electron chi connectivity index (χ2n) is 6.64. The van der Waals surface area contributed by atoms with Crippen molar-refractivity contribution < 1.29 is 4.79 Å². The summed E-state index contributed by atoms with van der Waals surface area (Å²) in [5.41, 5.74) is 5.48. The largest absolute Gasteiger partial charge is 0.318 e. The van der Waals surface area contributed by atoms with Crippen LogP contribution in [0.1, 0.15) is 22.5 Å². The molecule has 29 heavy (non-hydrogen) atoms. The molecule has 1 amide bonds. The fourth-order valence-corrected chi connectivity index (χ4v) is 4.09. The van der Waals surface area contributed by atoms with Crippen molar-refractivity contribution in [2.45, 2.75) is 13.8 Å². The molecule has 2 heterocycles. The summed E-state index contributed by atoms with van der Waals surface area (Å²) in [7, 11) is 0. The van der Waals surface area contributed by atoms with Gasteiger partial charge in [-0.2, -0.15) is 5.26 Å². The van der Waals surface area contributed by atoms with Crippen molar-refractivity contribution in [3.05, 3.63) is 88.1 Å². The van der Waals surface area contributed by atoms with Gasteiger partial charge in [0.25, 0.3) is 5.91 Å². The van der Waals surface area contributed by atoms with Crippen LogP contribution in [0.3, 0.4) is 0 Å². The monoisotopic (exact) mass is 398 g/mol. The van der Waals surface area contributed by atoms with Crippen molar-refractivity contribution in [1.82, 2.24) is 9.88 Å². The molecule has 0 spiro atoms. The predicted octanol–water partition coefficient (Wildman–Crippen LogP) is 4.86. The van der Waals surface area contributed by atoms with E-state index in [2.05, 4.69) is 27.0 Å². The molecule has 1 saturated heterocycles. The molecule has 1 aliphatic heterocycles. The molecule has 6 heteroatoms. The molecule has 0 saturated carbocycles. The number of benzene rings is 2. The van der Waals surface area contributed by atoms with Gasteiger partial charge in [0.15, 0.2) is 5.17 Å². The maximum atomic E-state index is 12.4. The average Bonchev–Trinajstić information content (AvgIpc) is 3.21. The van der Waals surface area contributed by atoms with Gasteiger partial charge in [0.2, 0.25) is 0 Å². The molecule has 5 nitrogen and oxygen atoms in total. The number of amidine groups is 1. The zero-order chi connectivity index (χ0) is 20.4. The van der Waals surface area contributed by atoms with Gasteiger partial charge in [-0.15, -0.1) is 0 Å². The molecular weight excluding hydrogens is 380 g/mol. The number of para-hydroxylation sites is 1. The van der Waals surface area contributed by atoms with Crippen molar-refractivity contribution in [3.8, 4) is 11.8 Å². The Morgan fingerprint density at radius 2 is 1.83 bits per heavy atom. The quantitative estimate of drug-likeness (QED) is 0.641. The average molecular weight is 398 g/mol. The van der Waals surface area contributed by atoms with E-state index in [-0.39, 0.29) is 5.91 Å². The second kappa shape index (κ2) is 7.82. The first-order valence-electron chi connectivity index (χ1n) is 9.09. The summed E-state index contributed by atoms with van der Waals surface area (Å²) >= 11 is 1.34. The Hall–Kier alpha value is -3.56. The van der Waals surface area contributed by atoms with E-state index < -0.39 is 0 Å². The minimum Gasteiger partial charge on any atom is -0.318 e. The van der Waals surface area contributed by atoms with E-state index in [9.17, 15) is 4.79 Å². The van der Waals surface area contributed by atoms with Crippen LogP contribution in [0.25, 0.3) is 11.8 Å². The lowest BCUT2D eigenvalue weighted by Gasteiger charge is -2.09. The van der Waals surface area contributed by atoms with Gasteiger partial charge in [0.05, 0.1) is 22.2 Å². The van der Waals surface area contributed by atoms with Crippen LogP contribution in [-0.4, -0.2) is 15.6 Å². The SMILES string of the molecule is Cc1cc(C=C2SC(=Nc3ccccc3)NC2=O)c(C)n1-c1ccc(C#N)cc1. The number of thioether (sulfide) groups is 1. The van der Waals surface area contributed by atoms with Gasteiger partial charge in [0, 0.05) is 17.1 Å². The highest BCUT2D eigenvalue weighted by Crippen LogP contribution is 2.30. The molecule has 0 aliphatic carbocycles. The first-order chi connectivity index (χ1) is 14.0. The number of hydrogen-bond donors (Lipinski definition) is 1. The number of rotatable bonds is 3. The fraction of sp³-hybridized carbons (Fsp3) is 0.0870. The highest BCUT2D eigenvalue weighted by Gasteiger charge is 2.24. The van der Waals surface area contributed by atoms with Gasteiger partial charge >= 0.3 is 0 Å². The Bertz CT molecular complexity index is 1180. The summed E-state index contributed by atoms with van der Waals surface area (Å²) < 4.78 is 2.12. The van der Waals surface area contributed by atoms with E-state index in [1.54, 1.807) is 12.1 Å². The first kappa shape index (κ1) is 18.8. The van der Waals surface area contributed by atoms with Crippen LogP contribution in [0.2, 0.25) is 0 Å². The lowest BCUT2D eigenvalue weighted by Crippen LogP contribution is -2.19.